The van der Waals surface area contributed by atoms with Crippen molar-refractivity contribution < 1.29 is 23.9 Å². The Labute approximate surface area is 336 Å². The largest absolute Gasteiger partial charge is 0.497 e. The summed E-state index contributed by atoms with van der Waals surface area (Å²) in [6, 6.07) is 20.6. The number of hydrogen-bond donors (Lipinski definition) is 2. The Morgan fingerprint density at radius 3 is 2.18 bits per heavy atom. The molecule has 11 nitrogen and oxygen atoms in total. The van der Waals surface area contributed by atoms with E-state index in [1.807, 2.05) is 6.07 Å². The Kier molecular flexibility index (Phi) is 12.9. The SMILES string of the molecule is CCC(C)(C)c1ccc(OCC(=O)Nc2cccc(C(=O)NC3=NN(c4c(Cl)cc(Cl)cc4Cl)C(=O)C3/N=N/c3ccc(OC)cc3)c2)c(C(C)(C)CC)c1. The van der Waals surface area contributed by atoms with Crippen LogP contribution in [0.4, 0.5) is 17.1 Å². The number of halogens is 3. The molecule has 1 heterocycles. The third kappa shape index (κ3) is 9.65. The Bertz CT molecular complexity index is 2130. The molecule has 0 saturated heterocycles. The third-order valence-electron chi connectivity index (χ3n) is 9.73. The highest BCUT2D eigenvalue weighted by Crippen LogP contribution is 2.40. The molecule has 1 atom stereocenters. The molecule has 2 N–H and O–H groups in total. The Morgan fingerprint density at radius 1 is 0.873 bits per heavy atom. The number of benzene rings is 4. The molecule has 288 valence electrons. The van der Waals surface area contributed by atoms with E-state index in [0.29, 0.717) is 22.9 Å². The number of amidine groups is 1. The number of anilines is 2. The van der Waals surface area contributed by atoms with Gasteiger partial charge in [0.1, 0.15) is 17.2 Å². The molecule has 5 rings (SSSR count). The molecule has 55 heavy (non-hydrogen) atoms. The molecule has 1 unspecified atom stereocenters. The summed E-state index contributed by atoms with van der Waals surface area (Å²) in [4.78, 5) is 40.5. The van der Waals surface area contributed by atoms with Crippen molar-refractivity contribution in [3.63, 3.8) is 0 Å². The lowest BCUT2D eigenvalue weighted by atomic mass is 9.76. The lowest BCUT2D eigenvalue weighted by Gasteiger charge is -2.30. The van der Waals surface area contributed by atoms with E-state index in [1.54, 1.807) is 42.5 Å². The van der Waals surface area contributed by atoms with Crippen LogP contribution in [0.1, 0.15) is 75.9 Å². The second-order valence-corrected chi connectivity index (χ2v) is 15.5. The van der Waals surface area contributed by atoms with Gasteiger partial charge >= 0.3 is 0 Å². The van der Waals surface area contributed by atoms with Gasteiger partial charge in [0.15, 0.2) is 12.4 Å². The van der Waals surface area contributed by atoms with Gasteiger partial charge in [-0.3, -0.25) is 14.4 Å². The number of ether oxygens (including phenoxy) is 2. The highest BCUT2D eigenvalue weighted by molar-refractivity contribution is 6.43. The fourth-order valence-corrected chi connectivity index (χ4v) is 6.56. The van der Waals surface area contributed by atoms with E-state index in [2.05, 4.69) is 79.6 Å². The van der Waals surface area contributed by atoms with Gasteiger partial charge in [0.25, 0.3) is 17.7 Å². The Hall–Kier alpha value is -4.97. The highest BCUT2D eigenvalue weighted by atomic mass is 35.5. The number of carbonyl (C=O) groups excluding carboxylic acids is 3. The topological polar surface area (TPSA) is 134 Å². The first-order valence-electron chi connectivity index (χ1n) is 17.7. The van der Waals surface area contributed by atoms with Gasteiger partial charge in [0, 0.05) is 21.8 Å². The van der Waals surface area contributed by atoms with Gasteiger partial charge < -0.3 is 20.1 Å². The van der Waals surface area contributed by atoms with Crippen molar-refractivity contribution in [2.75, 3.05) is 24.0 Å². The fraction of sp³-hybridized carbons (Fsp3) is 0.317. The quantitative estimate of drug-likeness (QED) is 0.130. The van der Waals surface area contributed by atoms with Crippen LogP contribution < -0.4 is 25.1 Å². The van der Waals surface area contributed by atoms with Gasteiger partial charge in [-0.05, 0) is 89.9 Å². The first-order chi connectivity index (χ1) is 26.1. The number of azo groups is 1. The second-order valence-electron chi connectivity index (χ2n) is 14.2. The van der Waals surface area contributed by atoms with E-state index >= 15 is 0 Å². The van der Waals surface area contributed by atoms with Crippen molar-refractivity contribution in [2.45, 2.75) is 71.3 Å². The molecule has 0 aromatic heterocycles. The van der Waals surface area contributed by atoms with Crippen LogP contribution in [0.3, 0.4) is 0 Å². The zero-order valence-electron chi connectivity index (χ0n) is 31.7. The second kappa shape index (κ2) is 17.2. The van der Waals surface area contributed by atoms with Crippen molar-refractivity contribution in [1.29, 1.82) is 0 Å². The van der Waals surface area contributed by atoms with Crippen LogP contribution >= 0.6 is 34.8 Å². The first kappa shape index (κ1) is 41.2. The van der Waals surface area contributed by atoms with Gasteiger partial charge in [-0.1, -0.05) is 94.5 Å². The van der Waals surface area contributed by atoms with Crippen LogP contribution in [-0.4, -0.2) is 43.3 Å². The molecule has 4 aromatic carbocycles. The zero-order chi connectivity index (χ0) is 40.1. The van der Waals surface area contributed by atoms with E-state index < -0.39 is 23.8 Å². The summed E-state index contributed by atoms with van der Waals surface area (Å²) in [6.07, 6.45) is 1.86. The lowest BCUT2D eigenvalue weighted by molar-refractivity contribution is -0.118. The van der Waals surface area contributed by atoms with Gasteiger partial charge in [-0.2, -0.15) is 15.2 Å². The normalized spacial score (nSPS) is 14.6. The summed E-state index contributed by atoms with van der Waals surface area (Å²) >= 11 is 19.0. The monoisotopic (exact) mass is 804 g/mol. The lowest BCUT2D eigenvalue weighted by Crippen LogP contribution is -2.39. The molecule has 3 amide bonds. The van der Waals surface area contributed by atoms with Gasteiger partial charge in [0.05, 0.1) is 22.8 Å². The smallest absolute Gasteiger partial charge is 0.282 e. The minimum absolute atomic E-state index is 0.00846. The molecule has 0 fully saturated rings. The minimum atomic E-state index is -1.36. The number of hydrogen-bond acceptors (Lipinski definition) is 8. The maximum atomic E-state index is 13.7. The summed E-state index contributed by atoms with van der Waals surface area (Å²) in [5.74, 6) is -0.578. The molecule has 0 aliphatic carbocycles. The van der Waals surface area contributed by atoms with Crippen LogP contribution in [0.25, 0.3) is 0 Å². The summed E-state index contributed by atoms with van der Waals surface area (Å²) in [6.45, 7) is 12.8. The Morgan fingerprint density at radius 2 is 1.55 bits per heavy atom. The molecular weight excluding hydrogens is 763 g/mol. The molecular formula is C41H43Cl3N6O5. The molecule has 4 aromatic rings. The zero-order valence-corrected chi connectivity index (χ0v) is 33.9. The first-order valence-corrected chi connectivity index (χ1v) is 18.8. The maximum Gasteiger partial charge on any atom is 0.282 e. The highest BCUT2D eigenvalue weighted by Gasteiger charge is 2.40. The minimum Gasteiger partial charge on any atom is -0.497 e. The van der Waals surface area contributed by atoms with Crippen molar-refractivity contribution in [3.8, 4) is 11.5 Å². The molecule has 14 heteroatoms. The number of rotatable bonds is 13. The van der Waals surface area contributed by atoms with E-state index in [0.717, 1.165) is 23.4 Å². The third-order valence-corrected chi connectivity index (χ3v) is 10.5. The molecule has 0 bridgehead atoms. The van der Waals surface area contributed by atoms with Crippen LogP contribution in [0.2, 0.25) is 15.1 Å². The predicted octanol–water partition coefficient (Wildman–Crippen LogP) is 10.3. The van der Waals surface area contributed by atoms with Crippen LogP contribution in [0.5, 0.6) is 11.5 Å². The number of amides is 3. The Balaban J connectivity index is 1.34. The van der Waals surface area contributed by atoms with E-state index in [1.165, 1.54) is 30.9 Å². The van der Waals surface area contributed by atoms with Crippen LogP contribution in [-0.2, 0) is 20.4 Å². The maximum absolute atomic E-state index is 13.7. The number of methoxy groups -OCH3 is 1. The van der Waals surface area contributed by atoms with Crippen LogP contribution in [0, 0.1) is 0 Å². The summed E-state index contributed by atoms with van der Waals surface area (Å²) in [5, 5.41) is 19.6. The standard InChI is InChI=1S/C41H43Cl3N6O5/c1-8-40(3,4)25-13-18-33(30(20-25)41(5,6)9-2)55-23-34(51)45-28-12-10-11-24(19-28)38(52)46-37-35(48-47-27-14-16-29(54-7)17-15-27)39(53)50(49-37)36-31(43)21-26(42)22-32(36)44/h10-22,35H,8-9,23H2,1-7H3,(H,45,51)(H,46,49,52)/b48-47+. The van der Waals surface area contributed by atoms with Crippen molar-refractivity contribution in [2.24, 2.45) is 15.3 Å². The molecule has 1 aliphatic rings. The predicted molar refractivity (Wildman–Crippen MR) is 219 cm³/mol. The van der Waals surface area contributed by atoms with Crippen molar-refractivity contribution in [1.82, 2.24) is 5.32 Å². The molecule has 1 aliphatic heterocycles. The fourth-order valence-electron chi connectivity index (χ4n) is 5.58. The number of carbonyl (C=O) groups is 3. The van der Waals surface area contributed by atoms with Gasteiger partial charge in [-0.15, -0.1) is 5.10 Å². The molecule has 0 spiro atoms. The van der Waals surface area contributed by atoms with Gasteiger partial charge in [0.2, 0.25) is 6.04 Å². The van der Waals surface area contributed by atoms with E-state index in [9.17, 15) is 14.4 Å². The van der Waals surface area contributed by atoms with Gasteiger partial charge in [-0.25, -0.2) is 0 Å². The average Bonchev–Trinajstić information content (AvgIpc) is 3.45. The molecule has 0 saturated carbocycles. The number of nitrogens with zero attached hydrogens (tertiary/aromatic N) is 4. The van der Waals surface area contributed by atoms with Crippen LogP contribution in [0.15, 0.2) is 94.2 Å². The van der Waals surface area contributed by atoms with Crippen molar-refractivity contribution >= 4 is 75.4 Å². The van der Waals surface area contributed by atoms with Crippen molar-refractivity contribution in [3.05, 3.63) is 111 Å². The molecule has 0 radical (unpaired) electrons. The summed E-state index contributed by atoms with van der Waals surface area (Å²) < 4.78 is 11.3. The number of hydrazone groups is 1. The summed E-state index contributed by atoms with van der Waals surface area (Å²) in [7, 11) is 1.54. The van der Waals surface area contributed by atoms with E-state index in [-0.39, 0.29) is 49.6 Å². The average molecular weight is 806 g/mol. The summed E-state index contributed by atoms with van der Waals surface area (Å²) in [5.41, 5.74) is 3.07. The number of nitrogens with one attached hydrogen (secondary N) is 2. The van der Waals surface area contributed by atoms with E-state index in [4.69, 9.17) is 44.3 Å².